The molecule has 2 N–H and O–H groups in total. The van der Waals surface area contributed by atoms with E-state index in [4.69, 9.17) is 9.47 Å². The zero-order chi connectivity index (χ0) is 19.9. The molecule has 3 aromatic rings. The van der Waals surface area contributed by atoms with Gasteiger partial charge in [-0.1, -0.05) is 12.1 Å². The minimum atomic E-state index is -0.430. The minimum absolute atomic E-state index is 0.127. The van der Waals surface area contributed by atoms with Crippen molar-refractivity contribution in [1.29, 1.82) is 0 Å². The van der Waals surface area contributed by atoms with Crippen LogP contribution in [0.3, 0.4) is 0 Å². The Morgan fingerprint density at radius 2 is 1.75 bits per heavy atom. The van der Waals surface area contributed by atoms with Crippen LogP contribution in [0.5, 0.6) is 5.75 Å². The Labute approximate surface area is 163 Å². The first-order chi connectivity index (χ1) is 13.5. The SMILES string of the molecule is COC(=O)c1ccccc1Nc1nccc(Nc2ccc(OC(C)C)cc2)n1. The fourth-order valence-electron chi connectivity index (χ4n) is 2.53. The van der Waals surface area contributed by atoms with Gasteiger partial charge in [0.15, 0.2) is 0 Å². The number of aromatic nitrogens is 2. The van der Waals surface area contributed by atoms with Gasteiger partial charge in [-0.05, 0) is 56.3 Å². The van der Waals surface area contributed by atoms with E-state index in [9.17, 15) is 4.79 Å². The van der Waals surface area contributed by atoms with Gasteiger partial charge < -0.3 is 20.1 Å². The fraction of sp³-hybridized carbons (Fsp3) is 0.190. The van der Waals surface area contributed by atoms with Crippen molar-refractivity contribution in [3.63, 3.8) is 0 Å². The molecule has 7 heteroatoms. The molecule has 0 unspecified atom stereocenters. The second kappa shape index (κ2) is 8.85. The molecular formula is C21H22N4O3. The minimum Gasteiger partial charge on any atom is -0.491 e. The monoisotopic (exact) mass is 378 g/mol. The van der Waals surface area contributed by atoms with E-state index in [1.807, 2.05) is 44.2 Å². The van der Waals surface area contributed by atoms with Crippen LogP contribution in [-0.2, 0) is 4.74 Å². The van der Waals surface area contributed by atoms with E-state index < -0.39 is 5.97 Å². The van der Waals surface area contributed by atoms with Crippen LogP contribution in [0.1, 0.15) is 24.2 Å². The molecule has 0 spiro atoms. The number of nitrogens with zero attached hydrogens (tertiary/aromatic N) is 2. The fourth-order valence-corrected chi connectivity index (χ4v) is 2.53. The van der Waals surface area contributed by atoms with Crippen molar-refractivity contribution in [3.8, 4) is 5.75 Å². The molecule has 0 fully saturated rings. The van der Waals surface area contributed by atoms with Crippen molar-refractivity contribution in [3.05, 3.63) is 66.4 Å². The zero-order valence-electron chi connectivity index (χ0n) is 16.0. The molecular weight excluding hydrogens is 356 g/mol. The predicted octanol–water partition coefficient (Wildman–Crippen LogP) is 4.54. The molecule has 0 bridgehead atoms. The van der Waals surface area contributed by atoms with Crippen molar-refractivity contribution >= 4 is 29.1 Å². The molecule has 0 amide bonds. The third kappa shape index (κ3) is 4.97. The van der Waals surface area contributed by atoms with Crippen LogP contribution in [0, 0.1) is 0 Å². The molecule has 28 heavy (non-hydrogen) atoms. The summed E-state index contributed by atoms with van der Waals surface area (Å²) in [5, 5.41) is 6.28. The number of esters is 1. The highest BCUT2D eigenvalue weighted by Gasteiger charge is 2.12. The molecule has 1 heterocycles. The molecule has 3 rings (SSSR count). The number of hydrogen-bond donors (Lipinski definition) is 2. The number of ether oxygens (including phenoxy) is 2. The first-order valence-corrected chi connectivity index (χ1v) is 8.86. The van der Waals surface area contributed by atoms with Crippen molar-refractivity contribution in [1.82, 2.24) is 9.97 Å². The number of benzene rings is 2. The summed E-state index contributed by atoms with van der Waals surface area (Å²) in [6, 6.07) is 16.4. The molecule has 0 aliphatic heterocycles. The Hall–Kier alpha value is -3.61. The second-order valence-electron chi connectivity index (χ2n) is 6.24. The average molecular weight is 378 g/mol. The Bertz CT molecular complexity index is 942. The summed E-state index contributed by atoms with van der Waals surface area (Å²) < 4.78 is 10.5. The van der Waals surface area contributed by atoms with Gasteiger partial charge in [-0.15, -0.1) is 0 Å². The Morgan fingerprint density at radius 3 is 2.46 bits per heavy atom. The van der Waals surface area contributed by atoms with Crippen LogP contribution in [0.2, 0.25) is 0 Å². The highest BCUT2D eigenvalue weighted by atomic mass is 16.5. The van der Waals surface area contributed by atoms with E-state index in [0.717, 1.165) is 11.4 Å². The third-order valence-electron chi connectivity index (χ3n) is 3.73. The van der Waals surface area contributed by atoms with Crippen molar-refractivity contribution in [2.75, 3.05) is 17.7 Å². The molecule has 144 valence electrons. The predicted molar refractivity (Wildman–Crippen MR) is 109 cm³/mol. The summed E-state index contributed by atoms with van der Waals surface area (Å²) >= 11 is 0. The third-order valence-corrected chi connectivity index (χ3v) is 3.73. The van der Waals surface area contributed by atoms with E-state index in [0.29, 0.717) is 23.0 Å². The van der Waals surface area contributed by atoms with Gasteiger partial charge >= 0.3 is 5.97 Å². The summed E-state index contributed by atoms with van der Waals surface area (Å²) in [6.07, 6.45) is 1.76. The number of hydrogen-bond acceptors (Lipinski definition) is 7. The molecule has 0 aliphatic rings. The Kier molecular flexibility index (Phi) is 6.06. The number of carbonyl (C=O) groups excluding carboxylic acids is 1. The second-order valence-corrected chi connectivity index (χ2v) is 6.24. The summed E-state index contributed by atoms with van der Waals surface area (Å²) in [7, 11) is 1.34. The maximum atomic E-state index is 11.9. The molecule has 0 saturated carbocycles. The van der Waals surface area contributed by atoms with Crippen LogP contribution < -0.4 is 15.4 Å². The maximum absolute atomic E-state index is 11.9. The molecule has 0 atom stereocenters. The number of para-hydroxylation sites is 1. The van der Waals surface area contributed by atoms with E-state index >= 15 is 0 Å². The lowest BCUT2D eigenvalue weighted by Gasteiger charge is -2.12. The van der Waals surface area contributed by atoms with Crippen LogP contribution >= 0.6 is 0 Å². The molecule has 1 aromatic heterocycles. The zero-order valence-corrected chi connectivity index (χ0v) is 16.0. The van der Waals surface area contributed by atoms with Gasteiger partial charge in [0.25, 0.3) is 0 Å². The van der Waals surface area contributed by atoms with Crippen LogP contribution in [0.25, 0.3) is 0 Å². The smallest absolute Gasteiger partial charge is 0.339 e. The van der Waals surface area contributed by atoms with Crippen molar-refractivity contribution in [2.45, 2.75) is 20.0 Å². The maximum Gasteiger partial charge on any atom is 0.339 e. The molecule has 7 nitrogen and oxygen atoms in total. The van der Waals surface area contributed by atoms with Crippen molar-refractivity contribution < 1.29 is 14.3 Å². The average Bonchev–Trinajstić information content (AvgIpc) is 2.69. The number of methoxy groups -OCH3 is 1. The van der Waals surface area contributed by atoms with E-state index in [1.54, 1.807) is 30.5 Å². The van der Waals surface area contributed by atoms with Gasteiger partial charge in [-0.2, -0.15) is 4.98 Å². The van der Waals surface area contributed by atoms with Gasteiger partial charge in [0.1, 0.15) is 11.6 Å². The Balaban J connectivity index is 1.74. The van der Waals surface area contributed by atoms with Gasteiger partial charge in [-0.3, -0.25) is 0 Å². The van der Waals surface area contributed by atoms with Crippen LogP contribution in [0.4, 0.5) is 23.1 Å². The van der Waals surface area contributed by atoms with Crippen LogP contribution in [0.15, 0.2) is 60.8 Å². The van der Waals surface area contributed by atoms with E-state index in [-0.39, 0.29) is 6.10 Å². The highest BCUT2D eigenvalue weighted by Crippen LogP contribution is 2.22. The summed E-state index contributed by atoms with van der Waals surface area (Å²) in [4.78, 5) is 20.6. The lowest BCUT2D eigenvalue weighted by molar-refractivity contribution is 0.0602. The number of nitrogens with one attached hydrogen (secondary N) is 2. The van der Waals surface area contributed by atoms with E-state index in [1.165, 1.54) is 7.11 Å². The normalized spacial score (nSPS) is 10.4. The van der Waals surface area contributed by atoms with E-state index in [2.05, 4.69) is 20.6 Å². The first kappa shape index (κ1) is 19.2. The summed E-state index contributed by atoms with van der Waals surface area (Å²) in [6.45, 7) is 3.97. The summed E-state index contributed by atoms with van der Waals surface area (Å²) in [5.41, 5.74) is 1.85. The van der Waals surface area contributed by atoms with Gasteiger partial charge in [-0.25, -0.2) is 9.78 Å². The first-order valence-electron chi connectivity index (χ1n) is 8.86. The Morgan fingerprint density at radius 1 is 1.00 bits per heavy atom. The standard InChI is InChI=1S/C21H22N4O3/c1-14(2)28-16-10-8-15(9-11-16)23-19-12-13-22-21(25-19)24-18-7-5-4-6-17(18)20(26)27-3/h4-14H,1-3H3,(H2,22,23,24,25). The van der Waals surface area contributed by atoms with Gasteiger partial charge in [0.2, 0.25) is 5.95 Å². The molecule has 0 saturated heterocycles. The molecule has 2 aromatic carbocycles. The molecule has 0 aliphatic carbocycles. The number of anilines is 4. The molecule has 0 radical (unpaired) electrons. The lowest BCUT2D eigenvalue weighted by atomic mass is 10.2. The lowest BCUT2D eigenvalue weighted by Crippen LogP contribution is -2.07. The van der Waals surface area contributed by atoms with Gasteiger partial charge in [0, 0.05) is 11.9 Å². The largest absolute Gasteiger partial charge is 0.491 e. The van der Waals surface area contributed by atoms with Crippen LogP contribution in [-0.4, -0.2) is 29.2 Å². The number of rotatable bonds is 7. The topological polar surface area (TPSA) is 85.4 Å². The highest BCUT2D eigenvalue weighted by molar-refractivity contribution is 5.96. The van der Waals surface area contributed by atoms with Crippen molar-refractivity contribution in [2.24, 2.45) is 0 Å². The van der Waals surface area contributed by atoms with Gasteiger partial charge in [0.05, 0.1) is 24.5 Å². The summed E-state index contributed by atoms with van der Waals surface area (Å²) in [5.74, 6) is 1.36. The quantitative estimate of drug-likeness (QED) is 0.584. The number of carbonyl (C=O) groups is 1.